The topological polar surface area (TPSA) is 84.2 Å². The zero-order valence-electron chi connectivity index (χ0n) is 10.5. The molecule has 0 unspecified atom stereocenters. The minimum Gasteiger partial charge on any atom is -0.398 e. The fraction of sp³-hybridized carbons (Fsp3) is 0.385. The molecule has 0 heterocycles. The summed E-state index contributed by atoms with van der Waals surface area (Å²) in [6.07, 6.45) is 1.06. The Morgan fingerprint density at radius 3 is 2.56 bits per heavy atom. The zero-order chi connectivity index (χ0) is 13.4. The molecule has 0 radical (unpaired) electrons. The highest BCUT2D eigenvalue weighted by molar-refractivity contribution is 5.86. The number of anilines is 1. The van der Waals surface area contributed by atoms with E-state index in [9.17, 15) is 9.59 Å². The number of nitrogens with one attached hydrogen (secondary N) is 2. The Kier molecular flexibility index (Phi) is 5.70. The van der Waals surface area contributed by atoms with Crippen LogP contribution in [0, 0.1) is 0 Å². The molecule has 0 bridgehead atoms. The lowest BCUT2D eigenvalue weighted by Gasteiger charge is -2.07. The van der Waals surface area contributed by atoms with Crippen LogP contribution in [0.2, 0.25) is 0 Å². The number of nitrogens with two attached hydrogens (primary N) is 1. The van der Waals surface area contributed by atoms with Gasteiger partial charge in [0.25, 0.3) is 0 Å². The predicted octanol–water partition coefficient (Wildman–Crippen LogP) is 0.454. The van der Waals surface area contributed by atoms with E-state index in [4.69, 9.17) is 5.73 Å². The Morgan fingerprint density at radius 1 is 1.17 bits per heavy atom. The largest absolute Gasteiger partial charge is 0.398 e. The molecule has 1 rings (SSSR count). The molecule has 5 nitrogen and oxygen atoms in total. The molecule has 0 atom stereocenters. The van der Waals surface area contributed by atoms with Crippen molar-refractivity contribution in [3.8, 4) is 0 Å². The number of amides is 2. The quantitative estimate of drug-likeness (QED) is 0.640. The Bertz CT molecular complexity index is 418. The number of benzene rings is 1. The third kappa shape index (κ3) is 4.86. The van der Waals surface area contributed by atoms with E-state index in [0.29, 0.717) is 12.2 Å². The average Bonchev–Trinajstić information content (AvgIpc) is 2.36. The van der Waals surface area contributed by atoms with Gasteiger partial charge in [0.2, 0.25) is 11.8 Å². The second-order valence-corrected chi connectivity index (χ2v) is 4.00. The maximum atomic E-state index is 11.6. The Morgan fingerprint density at radius 2 is 1.89 bits per heavy atom. The van der Waals surface area contributed by atoms with Crippen molar-refractivity contribution in [2.75, 3.05) is 18.8 Å². The first kappa shape index (κ1) is 14.0. The van der Waals surface area contributed by atoms with Crippen LogP contribution in [0.4, 0.5) is 5.69 Å². The van der Waals surface area contributed by atoms with Gasteiger partial charge < -0.3 is 16.4 Å². The van der Waals surface area contributed by atoms with Gasteiger partial charge in [-0.1, -0.05) is 25.1 Å². The monoisotopic (exact) mass is 249 g/mol. The van der Waals surface area contributed by atoms with Crippen molar-refractivity contribution < 1.29 is 9.59 Å². The molecular formula is C13H19N3O2. The van der Waals surface area contributed by atoms with Gasteiger partial charge in [0.05, 0.1) is 13.0 Å². The molecule has 2 amide bonds. The normalized spacial score (nSPS) is 9.83. The molecule has 0 aliphatic rings. The van der Waals surface area contributed by atoms with E-state index >= 15 is 0 Å². The molecular weight excluding hydrogens is 230 g/mol. The SMILES string of the molecule is CCCNC(=O)CNC(=O)Cc1ccccc1N. The summed E-state index contributed by atoms with van der Waals surface area (Å²) in [4.78, 5) is 22.9. The predicted molar refractivity (Wildman–Crippen MR) is 70.9 cm³/mol. The number of hydrogen-bond donors (Lipinski definition) is 3. The molecule has 0 aromatic heterocycles. The van der Waals surface area contributed by atoms with E-state index in [1.165, 1.54) is 0 Å². The fourth-order valence-electron chi connectivity index (χ4n) is 1.44. The molecule has 18 heavy (non-hydrogen) atoms. The van der Waals surface area contributed by atoms with Crippen LogP contribution in [0.15, 0.2) is 24.3 Å². The van der Waals surface area contributed by atoms with Gasteiger partial charge in [0.1, 0.15) is 0 Å². The molecule has 0 saturated heterocycles. The maximum Gasteiger partial charge on any atom is 0.239 e. The molecule has 98 valence electrons. The second-order valence-electron chi connectivity index (χ2n) is 4.00. The molecule has 0 fully saturated rings. The maximum absolute atomic E-state index is 11.6. The fourth-order valence-corrected chi connectivity index (χ4v) is 1.44. The van der Waals surface area contributed by atoms with E-state index < -0.39 is 0 Å². The van der Waals surface area contributed by atoms with Gasteiger partial charge >= 0.3 is 0 Å². The molecule has 0 aliphatic heterocycles. The third-order valence-electron chi connectivity index (χ3n) is 2.42. The summed E-state index contributed by atoms with van der Waals surface area (Å²) in [6, 6.07) is 7.19. The summed E-state index contributed by atoms with van der Waals surface area (Å²) in [7, 11) is 0. The van der Waals surface area contributed by atoms with Crippen LogP contribution < -0.4 is 16.4 Å². The van der Waals surface area contributed by atoms with Gasteiger partial charge in [-0.2, -0.15) is 0 Å². The van der Waals surface area contributed by atoms with E-state index in [-0.39, 0.29) is 24.8 Å². The van der Waals surface area contributed by atoms with E-state index in [1.807, 2.05) is 19.1 Å². The Labute approximate surface area is 107 Å². The highest BCUT2D eigenvalue weighted by Gasteiger charge is 2.07. The second kappa shape index (κ2) is 7.32. The Hall–Kier alpha value is -2.04. The summed E-state index contributed by atoms with van der Waals surface area (Å²) in [5.41, 5.74) is 7.08. The summed E-state index contributed by atoms with van der Waals surface area (Å²) >= 11 is 0. The van der Waals surface area contributed by atoms with Crippen molar-refractivity contribution in [2.24, 2.45) is 0 Å². The lowest BCUT2D eigenvalue weighted by molar-refractivity contribution is -0.125. The van der Waals surface area contributed by atoms with Crippen LogP contribution in [0.5, 0.6) is 0 Å². The first-order valence-electron chi connectivity index (χ1n) is 6.00. The lowest BCUT2D eigenvalue weighted by atomic mass is 10.1. The summed E-state index contributed by atoms with van der Waals surface area (Å²) < 4.78 is 0. The lowest BCUT2D eigenvalue weighted by Crippen LogP contribution is -2.37. The van der Waals surface area contributed by atoms with Crippen molar-refractivity contribution in [2.45, 2.75) is 19.8 Å². The van der Waals surface area contributed by atoms with Crippen LogP contribution in [-0.4, -0.2) is 24.9 Å². The van der Waals surface area contributed by atoms with Crippen molar-refractivity contribution >= 4 is 17.5 Å². The van der Waals surface area contributed by atoms with Gasteiger partial charge in [0.15, 0.2) is 0 Å². The first-order valence-corrected chi connectivity index (χ1v) is 6.00. The molecule has 1 aromatic carbocycles. The Balaban J connectivity index is 2.34. The van der Waals surface area contributed by atoms with Gasteiger partial charge in [-0.15, -0.1) is 0 Å². The minimum absolute atomic E-state index is 0.00553. The van der Waals surface area contributed by atoms with Crippen LogP contribution in [0.3, 0.4) is 0 Å². The summed E-state index contributed by atoms with van der Waals surface area (Å²) in [6.45, 7) is 2.60. The van der Waals surface area contributed by atoms with Crippen LogP contribution in [0.1, 0.15) is 18.9 Å². The van der Waals surface area contributed by atoms with Gasteiger partial charge in [0, 0.05) is 12.2 Å². The molecule has 5 heteroatoms. The number of carbonyl (C=O) groups is 2. The van der Waals surface area contributed by atoms with Crippen molar-refractivity contribution in [3.63, 3.8) is 0 Å². The van der Waals surface area contributed by atoms with E-state index in [2.05, 4.69) is 10.6 Å². The number of carbonyl (C=O) groups excluding carboxylic acids is 2. The van der Waals surface area contributed by atoms with Gasteiger partial charge in [-0.05, 0) is 18.1 Å². The van der Waals surface area contributed by atoms with Crippen LogP contribution in [0.25, 0.3) is 0 Å². The molecule has 0 spiro atoms. The minimum atomic E-state index is -0.209. The van der Waals surface area contributed by atoms with Crippen LogP contribution in [-0.2, 0) is 16.0 Å². The van der Waals surface area contributed by atoms with Gasteiger partial charge in [-0.3, -0.25) is 9.59 Å². The highest BCUT2D eigenvalue weighted by atomic mass is 16.2. The van der Waals surface area contributed by atoms with E-state index in [1.54, 1.807) is 12.1 Å². The number of rotatable bonds is 6. The van der Waals surface area contributed by atoms with Crippen molar-refractivity contribution in [1.29, 1.82) is 0 Å². The van der Waals surface area contributed by atoms with Crippen molar-refractivity contribution in [3.05, 3.63) is 29.8 Å². The van der Waals surface area contributed by atoms with E-state index in [0.717, 1.165) is 12.0 Å². The molecule has 0 aliphatic carbocycles. The van der Waals surface area contributed by atoms with Crippen molar-refractivity contribution in [1.82, 2.24) is 10.6 Å². The standard InChI is InChI=1S/C13H19N3O2/c1-2-7-15-13(18)9-16-12(17)8-10-5-3-4-6-11(10)14/h3-6H,2,7-9,14H2,1H3,(H,15,18)(H,16,17). The molecule has 0 saturated carbocycles. The average molecular weight is 249 g/mol. The van der Waals surface area contributed by atoms with Crippen LogP contribution >= 0.6 is 0 Å². The van der Waals surface area contributed by atoms with Gasteiger partial charge in [-0.25, -0.2) is 0 Å². The number of nitrogen functional groups attached to an aromatic ring is 1. The first-order chi connectivity index (χ1) is 8.63. The summed E-state index contributed by atoms with van der Waals surface area (Å²) in [5.74, 6) is -0.384. The zero-order valence-corrected chi connectivity index (χ0v) is 10.5. The number of para-hydroxylation sites is 1. The summed E-state index contributed by atoms with van der Waals surface area (Å²) in [5, 5.41) is 5.25. The molecule has 1 aromatic rings. The third-order valence-corrected chi connectivity index (χ3v) is 2.42. The number of hydrogen-bond acceptors (Lipinski definition) is 3. The molecule has 4 N–H and O–H groups in total. The highest BCUT2D eigenvalue weighted by Crippen LogP contribution is 2.10. The smallest absolute Gasteiger partial charge is 0.239 e.